The first-order chi connectivity index (χ1) is 15.3. The highest BCUT2D eigenvalue weighted by atomic mass is 19.4. The van der Waals surface area contributed by atoms with Crippen LogP contribution in [-0.4, -0.2) is 23.1 Å². The Kier molecular flexibility index (Phi) is 6.58. The van der Waals surface area contributed by atoms with Gasteiger partial charge >= 0.3 is 12.3 Å². The Bertz CT molecular complexity index is 1030. The molecule has 2 amide bonds. The van der Waals surface area contributed by atoms with E-state index in [-0.39, 0.29) is 18.1 Å². The maximum Gasteiger partial charge on any atom is 0.418 e. The van der Waals surface area contributed by atoms with Gasteiger partial charge in [-0.3, -0.25) is 4.79 Å². The summed E-state index contributed by atoms with van der Waals surface area (Å²) in [6, 6.07) is 8.79. The summed E-state index contributed by atoms with van der Waals surface area (Å²) in [6.45, 7) is 5.35. The number of carbonyl (C=O) groups is 2. The van der Waals surface area contributed by atoms with E-state index in [0.717, 1.165) is 12.1 Å². The van der Waals surface area contributed by atoms with E-state index >= 15 is 0 Å². The second-order valence-corrected chi connectivity index (χ2v) is 8.90. The molecule has 3 N–H and O–H groups in total. The maximum absolute atomic E-state index is 13.3. The number of anilines is 2. The van der Waals surface area contributed by atoms with Gasteiger partial charge in [0.05, 0.1) is 11.3 Å². The Labute approximate surface area is 188 Å². The van der Waals surface area contributed by atoms with Crippen LogP contribution in [-0.2, 0) is 22.3 Å². The first kappa shape index (κ1) is 24.3. The lowest BCUT2D eigenvalue weighted by Crippen LogP contribution is -2.50. The first-order valence-corrected chi connectivity index (χ1v) is 10.3. The molecule has 6 nitrogen and oxygen atoms in total. The molecule has 2 aromatic rings. The Balaban J connectivity index is 1.58. The second-order valence-electron chi connectivity index (χ2n) is 8.90. The van der Waals surface area contributed by atoms with Crippen LogP contribution in [0.1, 0.15) is 44.7 Å². The molecule has 178 valence electrons. The number of carbonyl (C=O) groups excluding carboxylic acids is 2. The molecule has 3 rings (SSSR count). The molecule has 0 radical (unpaired) electrons. The predicted molar refractivity (Wildman–Crippen MR) is 114 cm³/mol. The average Bonchev–Trinajstić information content (AvgIpc) is 3.46. The van der Waals surface area contributed by atoms with E-state index in [1.807, 2.05) is 0 Å². The molecule has 1 aliphatic carbocycles. The van der Waals surface area contributed by atoms with Crippen LogP contribution in [0, 0.1) is 5.82 Å². The molecule has 0 saturated heterocycles. The molecule has 0 aliphatic heterocycles. The van der Waals surface area contributed by atoms with Crippen LogP contribution in [0.25, 0.3) is 0 Å². The highest BCUT2D eigenvalue weighted by Crippen LogP contribution is 2.37. The lowest BCUT2D eigenvalue weighted by atomic mass is 10.1. The number of ether oxygens (including phenoxy) is 1. The third-order valence-corrected chi connectivity index (χ3v) is 4.90. The highest BCUT2D eigenvalue weighted by molar-refractivity contribution is 5.92. The summed E-state index contributed by atoms with van der Waals surface area (Å²) in [5.41, 5.74) is -1.97. The van der Waals surface area contributed by atoms with E-state index in [2.05, 4.69) is 16.0 Å². The minimum Gasteiger partial charge on any atom is -0.444 e. The molecule has 2 aromatic carbocycles. The van der Waals surface area contributed by atoms with E-state index in [4.69, 9.17) is 4.74 Å². The van der Waals surface area contributed by atoms with Gasteiger partial charge in [0.1, 0.15) is 17.0 Å². The Hall–Kier alpha value is -3.30. The van der Waals surface area contributed by atoms with Crippen LogP contribution in [0.5, 0.6) is 0 Å². The SMILES string of the molecule is CC(C)(C)OC(=O)NC1(C(=O)NCc2ccc(Nc3ccc(F)cc3C(F)(F)F)cc2)CC1. The van der Waals surface area contributed by atoms with Crippen LogP contribution in [0.15, 0.2) is 42.5 Å². The molecule has 1 fully saturated rings. The van der Waals surface area contributed by atoms with Crippen molar-refractivity contribution in [3.63, 3.8) is 0 Å². The fraction of sp³-hybridized carbons (Fsp3) is 0.391. The fourth-order valence-electron chi connectivity index (χ4n) is 3.11. The summed E-state index contributed by atoms with van der Waals surface area (Å²) >= 11 is 0. The Morgan fingerprint density at radius 3 is 2.21 bits per heavy atom. The smallest absolute Gasteiger partial charge is 0.418 e. The van der Waals surface area contributed by atoms with Crippen molar-refractivity contribution >= 4 is 23.4 Å². The van der Waals surface area contributed by atoms with Crippen molar-refractivity contribution in [2.75, 3.05) is 5.32 Å². The summed E-state index contributed by atoms with van der Waals surface area (Å²) in [7, 11) is 0. The van der Waals surface area contributed by atoms with Gasteiger partial charge in [-0.15, -0.1) is 0 Å². The Morgan fingerprint density at radius 1 is 1.03 bits per heavy atom. The van der Waals surface area contributed by atoms with Gasteiger partial charge < -0.3 is 20.7 Å². The zero-order chi connectivity index (χ0) is 24.4. The molecule has 0 atom stereocenters. The molecule has 0 spiro atoms. The number of halogens is 4. The van der Waals surface area contributed by atoms with Crippen LogP contribution >= 0.6 is 0 Å². The first-order valence-electron chi connectivity index (χ1n) is 10.3. The molecule has 10 heteroatoms. The normalized spacial score (nSPS) is 14.9. The van der Waals surface area contributed by atoms with Crippen molar-refractivity contribution in [3.8, 4) is 0 Å². The summed E-state index contributed by atoms with van der Waals surface area (Å²) in [5, 5.41) is 8.01. The summed E-state index contributed by atoms with van der Waals surface area (Å²) in [6.07, 6.45) is -4.37. The van der Waals surface area contributed by atoms with Gasteiger partial charge in [0.2, 0.25) is 5.91 Å². The molecule has 0 bridgehead atoms. The molecule has 0 aromatic heterocycles. The topological polar surface area (TPSA) is 79.5 Å². The standard InChI is InChI=1S/C23H25F4N3O3/c1-21(2,3)33-20(32)30-22(10-11-22)19(31)28-13-14-4-7-16(8-5-14)29-18-9-6-15(24)12-17(18)23(25,26)27/h4-9,12,29H,10-11,13H2,1-3H3,(H,28,31)(H,30,32). The van der Waals surface area contributed by atoms with Gasteiger partial charge in [-0.2, -0.15) is 13.2 Å². The number of alkyl halides is 3. The minimum absolute atomic E-state index is 0.168. The van der Waals surface area contributed by atoms with Crippen molar-refractivity contribution < 1.29 is 31.9 Å². The number of nitrogens with one attached hydrogen (secondary N) is 3. The minimum atomic E-state index is -4.71. The van der Waals surface area contributed by atoms with Crippen molar-refractivity contribution in [3.05, 3.63) is 59.4 Å². The molecule has 0 heterocycles. The van der Waals surface area contributed by atoms with Crippen molar-refractivity contribution in [1.29, 1.82) is 0 Å². The molecule has 0 unspecified atom stereocenters. The van der Waals surface area contributed by atoms with Gasteiger partial charge in [0, 0.05) is 12.2 Å². The molecular formula is C23H25F4N3O3. The fourth-order valence-corrected chi connectivity index (χ4v) is 3.11. The molecule has 1 aliphatic rings. The summed E-state index contributed by atoms with van der Waals surface area (Å²) in [4.78, 5) is 24.5. The number of hydrogen-bond acceptors (Lipinski definition) is 4. The number of alkyl carbamates (subject to hydrolysis) is 1. The Morgan fingerprint density at radius 2 is 1.67 bits per heavy atom. The lowest BCUT2D eigenvalue weighted by molar-refractivity contribution is -0.137. The number of benzene rings is 2. The summed E-state index contributed by atoms with van der Waals surface area (Å²) in [5.74, 6) is -1.31. The van der Waals surface area contributed by atoms with Gasteiger partial charge in [-0.05, 0) is 69.5 Å². The van der Waals surface area contributed by atoms with Gasteiger partial charge in [-0.1, -0.05) is 12.1 Å². The van der Waals surface area contributed by atoms with E-state index in [1.54, 1.807) is 45.0 Å². The predicted octanol–water partition coefficient (Wildman–Crippen LogP) is 5.26. The van der Waals surface area contributed by atoms with E-state index < -0.39 is 34.8 Å². The van der Waals surface area contributed by atoms with Crippen molar-refractivity contribution in [2.45, 2.75) is 57.5 Å². The zero-order valence-corrected chi connectivity index (χ0v) is 18.4. The van der Waals surface area contributed by atoms with Gasteiger partial charge in [0.25, 0.3) is 0 Å². The monoisotopic (exact) mass is 467 g/mol. The maximum atomic E-state index is 13.3. The lowest BCUT2D eigenvalue weighted by Gasteiger charge is -2.23. The highest BCUT2D eigenvalue weighted by Gasteiger charge is 2.51. The molecular weight excluding hydrogens is 442 g/mol. The largest absolute Gasteiger partial charge is 0.444 e. The van der Waals surface area contributed by atoms with Crippen molar-refractivity contribution in [2.24, 2.45) is 0 Å². The zero-order valence-electron chi connectivity index (χ0n) is 18.4. The number of amides is 2. The van der Waals surface area contributed by atoms with Crippen LogP contribution in [0.4, 0.5) is 33.7 Å². The third kappa shape index (κ3) is 6.59. The molecule has 33 heavy (non-hydrogen) atoms. The molecule has 1 saturated carbocycles. The van der Waals surface area contributed by atoms with Gasteiger partial charge in [-0.25, -0.2) is 9.18 Å². The average molecular weight is 467 g/mol. The van der Waals surface area contributed by atoms with E-state index in [9.17, 15) is 27.2 Å². The summed E-state index contributed by atoms with van der Waals surface area (Å²) < 4.78 is 57.9. The third-order valence-electron chi connectivity index (χ3n) is 4.90. The number of rotatable bonds is 6. The van der Waals surface area contributed by atoms with Crippen LogP contribution in [0.3, 0.4) is 0 Å². The van der Waals surface area contributed by atoms with Gasteiger partial charge in [0.15, 0.2) is 0 Å². The van der Waals surface area contributed by atoms with Crippen molar-refractivity contribution in [1.82, 2.24) is 10.6 Å². The van der Waals surface area contributed by atoms with Crippen LogP contribution in [0.2, 0.25) is 0 Å². The van der Waals surface area contributed by atoms with E-state index in [1.165, 1.54) is 0 Å². The van der Waals surface area contributed by atoms with Crippen LogP contribution < -0.4 is 16.0 Å². The number of hydrogen-bond donors (Lipinski definition) is 3. The quantitative estimate of drug-likeness (QED) is 0.507. The van der Waals surface area contributed by atoms with E-state index in [0.29, 0.717) is 30.2 Å². The second kappa shape index (κ2) is 8.92.